The molecule has 0 aromatic carbocycles. The lowest BCUT2D eigenvalue weighted by Crippen LogP contribution is -2.61. The molecular weight excluding hydrogens is 1020 g/mol. The molecule has 1 saturated heterocycles. The van der Waals surface area contributed by atoms with Gasteiger partial charge in [-0.15, -0.1) is 0 Å². The molecule has 81 heavy (non-hydrogen) atoms. The van der Waals surface area contributed by atoms with Crippen LogP contribution in [0.15, 0.2) is 24.3 Å². The molecule has 0 radical (unpaired) electrons. The van der Waals surface area contributed by atoms with E-state index < -0.39 is 67.3 Å². The number of aliphatic hydroxyl groups excluding tert-OH is 2. The van der Waals surface area contributed by atoms with Crippen molar-refractivity contribution in [2.24, 2.45) is 0 Å². The minimum absolute atomic E-state index is 0.0665. The molecule has 1 fully saturated rings. The summed E-state index contributed by atoms with van der Waals surface area (Å²) in [7, 11) is 0. The number of hydrogen-bond donors (Lipinski definition) is 3. The number of carbonyl (C=O) groups is 4. The van der Waals surface area contributed by atoms with E-state index in [1.807, 2.05) is 0 Å². The molecular formula is C69H126O12. The average molecular weight is 1150 g/mol. The van der Waals surface area contributed by atoms with Gasteiger partial charge in [0.15, 0.2) is 24.6 Å². The second-order valence-corrected chi connectivity index (χ2v) is 23.8. The SMILES string of the molecule is CCCCC/C=C\C/C=C\CCCCCCCC(=O)OC(COC(=O)CCCCCCCCCCCCCCCCCCC)COC1OC(C(=O)O)C(O)C(O)C1OC(=O)CCCCCCCCCCCCCCCCCCCCC. The van der Waals surface area contributed by atoms with Gasteiger partial charge in [0, 0.05) is 19.3 Å². The van der Waals surface area contributed by atoms with Crippen molar-refractivity contribution in [1.82, 2.24) is 0 Å². The number of allylic oxidation sites excluding steroid dienone is 4. The molecule has 0 aliphatic carbocycles. The van der Waals surface area contributed by atoms with Gasteiger partial charge in [-0.3, -0.25) is 14.4 Å². The first-order chi connectivity index (χ1) is 39.6. The summed E-state index contributed by atoms with van der Waals surface area (Å²) in [5, 5.41) is 31.6. The van der Waals surface area contributed by atoms with Gasteiger partial charge in [0.25, 0.3) is 0 Å². The maximum Gasteiger partial charge on any atom is 0.335 e. The predicted molar refractivity (Wildman–Crippen MR) is 331 cm³/mol. The molecule has 1 aliphatic heterocycles. The molecule has 1 heterocycles. The summed E-state index contributed by atoms with van der Waals surface area (Å²) in [6.45, 7) is 6.03. The summed E-state index contributed by atoms with van der Waals surface area (Å²) in [6.07, 6.45) is 55.6. The molecule has 0 amide bonds. The van der Waals surface area contributed by atoms with Gasteiger partial charge in [0.2, 0.25) is 0 Å². The number of esters is 3. The van der Waals surface area contributed by atoms with E-state index in [1.54, 1.807) is 0 Å². The molecule has 6 unspecified atom stereocenters. The van der Waals surface area contributed by atoms with Crippen molar-refractivity contribution in [2.45, 2.75) is 379 Å². The third kappa shape index (κ3) is 47.2. The Morgan fingerprint density at radius 3 is 1.14 bits per heavy atom. The average Bonchev–Trinajstić information content (AvgIpc) is 3.52. The highest BCUT2D eigenvalue weighted by Crippen LogP contribution is 2.27. The zero-order chi connectivity index (χ0) is 58.9. The Labute approximate surface area is 496 Å². The Hall–Kier alpha value is -2.80. The summed E-state index contributed by atoms with van der Waals surface area (Å²) in [5.74, 6) is -3.09. The third-order valence-corrected chi connectivity index (χ3v) is 16.0. The van der Waals surface area contributed by atoms with Crippen LogP contribution in [0.4, 0.5) is 0 Å². The van der Waals surface area contributed by atoms with Crippen molar-refractivity contribution in [3.05, 3.63) is 24.3 Å². The topological polar surface area (TPSA) is 175 Å². The fourth-order valence-corrected chi connectivity index (χ4v) is 10.8. The Bertz CT molecular complexity index is 1500. The lowest BCUT2D eigenvalue weighted by Gasteiger charge is -2.40. The van der Waals surface area contributed by atoms with Crippen LogP contribution >= 0.6 is 0 Å². The number of carboxylic acid groups (broad SMARTS) is 1. The summed E-state index contributed by atoms with van der Waals surface area (Å²) in [6, 6.07) is 0. The van der Waals surface area contributed by atoms with Crippen molar-refractivity contribution in [3.8, 4) is 0 Å². The van der Waals surface area contributed by atoms with E-state index in [0.29, 0.717) is 19.3 Å². The Kier molecular flexibility index (Phi) is 54.2. The van der Waals surface area contributed by atoms with Crippen LogP contribution in [0.25, 0.3) is 0 Å². The van der Waals surface area contributed by atoms with Gasteiger partial charge >= 0.3 is 23.9 Å². The van der Waals surface area contributed by atoms with Crippen LogP contribution in [-0.4, -0.2) is 89.2 Å². The number of hydrogen-bond acceptors (Lipinski definition) is 11. The molecule has 0 spiro atoms. The first-order valence-corrected chi connectivity index (χ1v) is 34.3. The third-order valence-electron chi connectivity index (χ3n) is 16.0. The van der Waals surface area contributed by atoms with Crippen LogP contribution < -0.4 is 0 Å². The van der Waals surface area contributed by atoms with E-state index in [-0.39, 0.29) is 25.9 Å². The number of aliphatic hydroxyl groups is 2. The van der Waals surface area contributed by atoms with E-state index in [0.717, 1.165) is 83.5 Å². The van der Waals surface area contributed by atoms with Crippen LogP contribution in [0.2, 0.25) is 0 Å². The molecule has 0 bridgehead atoms. The standard InChI is InChI=1S/C69H126O12/c1-4-7-10-13-16-19-22-25-28-30-31-33-36-39-42-45-48-51-54-57-63(72)80-67-65(74)64(73)66(68(75)76)81-69(67)78-59-60(79-62(71)56-53-50-47-44-41-38-34-27-24-21-18-15-12-9-6-3)58-77-61(70)55-52-49-46-43-40-37-35-32-29-26-23-20-17-14-11-8-5-2/h18,21,27,34,60,64-67,69,73-74H,4-17,19-20,22-26,28-33,35-59H2,1-3H3,(H,75,76)/b21-18-,34-27-. The number of ether oxygens (including phenoxy) is 5. The van der Waals surface area contributed by atoms with Crippen LogP contribution in [0, 0.1) is 0 Å². The van der Waals surface area contributed by atoms with Crippen LogP contribution in [0.1, 0.15) is 342 Å². The Balaban J connectivity index is 2.62. The van der Waals surface area contributed by atoms with E-state index in [4.69, 9.17) is 23.7 Å². The summed E-state index contributed by atoms with van der Waals surface area (Å²) >= 11 is 0. The molecule has 12 heteroatoms. The predicted octanol–water partition coefficient (Wildman–Crippen LogP) is 18.6. The first-order valence-electron chi connectivity index (χ1n) is 34.3. The quantitative estimate of drug-likeness (QED) is 0.0228. The number of carbonyl (C=O) groups excluding carboxylic acids is 3. The second-order valence-electron chi connectivity index (χ2n) is 23.8. The smallest absolute Gasteiger partial charge is 0.335 e. The highest BCUT2D eigenvalue weighted by atomic mass is 16.7. The normalized spacial score (nSPS) is 17.8. The Morgan fingerprint density at radius 2 is 0.741 bits per heavy atom. The second kappa shape index (κ2) is 57.6. The van der Waals surface area contributed by atoms with Gasteiger partial charge in [-0.25, -0.2) is 4.79 Å². The zero-order valence-corrected chi connectivity index (χ0v) is 52.6. The molecule has 0 saturated carbocycles. The van der Waals surface area contributed by atoms with Gasteiger partial charge in [-0.1, -0.05) is 295 Å². The Morgan fingerprint density at radius 1 is 0.407 bits per heavy atom. The van der Waals surface area contributed by atoms with Crippen LogP contribution in [-0.2, 0) is 42.9 Å². The van der Waals surface area contributed by atoms with Crippen molar-refractivity contribution in [2.75, 3.05) is 13.2 Å². The first kappa shape index (κ1) is 76.2. The maximum atomic E-state index is 13.2. The fraction of sp³-hybridized carbons (Fsp3) is 0.884. The molecule has 474 valence electrons. The van der Waals surface area contributed by atoms with Crippen molar-refractivity contribution >= 4 is 23.9 Å². The van der Waals surface area contributed by atoms with Crippen molar-refractivity contribution in [3.63, 3.8) is 0 Å². The zero-order valence-electron chi connectivity index (χ0n) is 52.6. The molecule has 1 aliphatic rings. The molecule has 1 rings (SSSR count). The number of unbranched alkanes of at least 4 members (excludes halogenated alkanes) is 42. The fourth-order valence-electron chi connectivity index (χ4n) is 10.8. The highest BCUT2D eigenvalue weighted by Gasteiger charge is 2.50. The molecule has 6 atom stereocenters. The van der Waals surface area contributed by atoms with Gasteiger partial charge < -0.3 is 39.0 Å². The molecule has 3 N–H and O–H groups in total. The van der Waals surface area contributed by atoms with Crippen LogP contribution in [0.3, 0.4) is 0 Å². The minimum atomic E-state index is -1.90. The van der Waals surface area contributed by atoms with Crippen LogP contribution in [0.5, 0.6) is 0 Å². The minimum Gasteiger partial charge on any atom is -0.479 e. The van der Waals surface area contributed by atoms with Crippen molar-refractivity contribution < 1.29 is 58.2 Å². The largest absolute Gasteiger partial charge is 0.479 e. The van der Waals surface area contributed by atoms with Gasteiger partial charge in [0.05, 0.1) is 6.61 Å². The molecule has 12 nitrogen and oxygen atoms in total. The monoisotopic (exact) mass is 1150 g/mol. The number of rotatable bonds is 60. The number of aliphatic carboxylic acids is 1. The molecule has 0 aromatic rings. The lowest BCUT2D eigenvalue weighted by molar-refractivity contribution is -0.301. The van der Waals surface area contributed by atoms with Gasteiger partial charge in [-0.05, 0) is 51.4 Å². The summed E-state index contributed by atoms with van der Waals surface area (Å²) in [5.41, 5.74) is 0. The number of carboxylic acids is 1. The van der Waals surface area contributed by atoms with E-state index in [1.165, 1.54) is 199 Å². The van der Waals surface area contributed by atoms with E-state index in [2.05, 4.69) is 45.1 Å². The highest BCUT2D eigenvalue weighted by molar-refractivity contribution is 5.74. The summed E-state index contributed by atoms with van der Waals surface area (Å²) < 4.78 is 28.6. The van der Waals surface area contributed by atoms with Gasteiger partial charge in [0.1, 0.15) is 18.8 Å². The molecule has 0 aromatic heterocycles. The van der Waals surface area contributed by atoms with Gasteiger partial charge in [-0.2, -0.15) is 0 Å². The summed E-state index contributed by atoms with van der Waals surface area (Å²) in [4.78, 5) is 51.4. The van der Waals surface area contributed by atoms with E-state index in [9.17, 15) is 34.5 Å². The van der Waals surface area contributed by atoms with Crippen molar-refractivity contribution in [1.29, 1.82) is 0 Å². The maximum absolute atomic E-state index is 13.2. The van der Waals surface area contributed by atoms with E-state index >= 15 is 0 Å². The lowest BCUT2D eigenvalue weighted by atomic mass is 9.98.